The Balaban J connectivity index is 2.38. The Morgan fingerprint density at radius 2 is 2.16 bits per heavy atom. The summed E-state index contributed by atoms with van der Waals surface area (Å²) in [4.78, 5) is 4.15. The van der Waals surface area contributed by atoms with Crippen LogP contribution in [-0.4, -0.2) is 31.6 Å². The van der Waals surface area contributed by atoms with Crippen molar-refractivity contribution in [3.8, 4) is 0 Å². The third kappa shape index (κ3) is 5.96. The van der Waals surface area contributed by atoms with E-state index in [1.165, 1.54) is 6.07 Å². The second-order valence-electron chi connectivity index (χ2n) is 4.28. The van der Waals surface area contributed by atoms with Gasteiger partial charge in [0, 0.05) is 20.1 Å². The Bertz CT molecular complexity index is 421. The molecular weight excluding hydrogens is 261 g/mol. The fourth-order valence-electron chi connectivity index (χ4n) is 1.65. The van der Waals surface area contributed by atoms with E-state index in [0.29, 0.717) is 12.1 Å². The summed E-state index contributed by atoms with van der Waals surface area (Å²) in [5, 5.41) is 6.47. The predicted octanol–water partition coefficient (Wildman–Crippen LogP) is 2.55. The summed E-state index contributed by atoms with van der Waals surface area (Å²) in [7, 11) is 1.75. The van der Waals surface area contributed by atoms with Crippen molar-refractivity contribution in [1.82, 2.24) is 10.6 Å². The van der Waals surface area contributed by atoms with Crippen molar-refractivity contribution >= 4 is 17.7 Å². The average molecular weight is 283 g/mol. The standard InChI is InChI=1S/C14H22FN3S/c1-11-9-12(5-6-13(11)15)10-18-14(16-2)17-7-4-8-19-3/h5-6,9H,4,7-8,10H2,1-3H3,(H2,16,17,18). The van der Waals surface area contributed by atoms with Crippen LogP contribution in [0.15, 0.2) is 23.2 Å². The molecule has 1 rings (SSSR count). The molecule has 0 radical (unpaired) electrons. The summed E-state index contributed by atoms with van der Waals surface area (Å²) in [6, 6.07) is 5.14. The zero-order chi connectivity index (χ0) is 14.1. The fraction of sp³-hybridized carbons (Fsp3) is 0.500. The Morgan fingerprint density at radius 3 is 2.79 bits per heavy atom. The molecule has 5 heteroatoms. The SMILES string of the molecule is CN=C(NCCCSC)NCc1ccc(F)c(C)c1. The van der Waals surface area contributed by atoms with Crippen LogP contribution in [0.5, 0.6) is 0 Å². The van der Waals surface area contributed by atoms with Crippen LogP contribution in [0.3, 0.4) is 0 Å². The number of thioether (sulfide) groups is 1. The second-order valence-corrected chi connectivity index (χ2v) is 5.27. The summed E-state index contributed by atoms with van der Waals surface area (Å²) in [6.45, 7) is 3.32. The Kier molecular flexibility index (Phi) is 7.33. The van der Waals surface area contributed by atoms with E-state index in [4.69, 9.17) is 0 Å². The highest BCUT2D eigenvalue weighted by atomic mass is 32.2. The van der Waals surface area contributed by atoms with E-state index in [-0.39, 0.29) is 5.82 Å². The lowest BCUT2D eigenvalue weighted by molar-refractivity contribution is 0.617. The highest BCUT2D eigenvalue weighted by Crippen LogP contribution is 2.08. The molecule has 1 aromatic carbocycles. The fourth-order valence-corrected chi connectivity index (χ4v) is 2.08. The molecule has 0 saturated carbocycles. The molecule has 0 amide bonds. The highest BCUT2D eigenvalue weighted by molar-refractivity contribution is 7.98. The first-order valence-corrected chi connectivity index (χ1v) is 7.75. The van der Waals surface area contributed by atoms with Gasteiger partial charge in [-0.25, -0.2) is 4.39 Å². The molecule has 0 bridgehead atoms. The number of guanidine groups is 1. The molecule has 0 aromatic heterocycles. The average Bonchev–Trinajstić information content (AvgIpc) is 2.42. The zero-order valence-electron chi connectivity index (χ0n) is 11.8. The topological polar surface area (TPSA) is 36.4 Å². The molecule has 106 valence electrons. The number of aryl methyl sites for hydroxylation is 1. The number of nitrogens with one attached hydrogen (secondary N) is 2. The number of rotatable bonds is 6. The molecule has 3 nitrogen and oxygen atoms in total. The molecule has 0 spiro atoms. The minimum absolute atomic E-state index is 0.164. The van der Waals surface area contributed by atoms with Gasteiger partial charge in [-0.3, -0.25) is 4.99 Å². The summed E-state index contributed by atoms with van der Waals surface area (Å²) < 4.78 is 13.1. The Labute approximate surface area is 119 Å². The minimum Gasteiger partial charge on any atom is -0.356 e. The van der Waals surface area contributed by atoms with Crippen LogP contribution >= 0.6 is 11.8 Å². The van der Waals surface area contributed by atoms with Gasteiger partial charge in [-0.2, -0.15) is 11.8 Å². The van der Waals surface area contributed by atoms with E-state index in [1.807, 2.05) is 17.8 Å². The molecule has 0 aliphatic rings. The van der Waals surface area contributed by atoms with Crippen molar-refractivity contribution < 1.29 is 4.39 Å². The van der Waals surface area contributed by atoms with Crippen molar-refractivity contribution in [3.63, 3.8) is 0 Å². The number of hydrogen-bond acceptors (Lipinski definition) is 2. The molecule has 0 atom stereocenters. The third-order valence-corrected chi connectivity index (χ3v) is 3.42. The van der Waals surface area contributed by atoms with Crippen LogP contribution in [0.2, 0.25) is 0 Å². The second kappa shape index (κ2) is 8.80. The van der Waals surface area contributed by atoms with E-state index >= 15 is 0 Å². The monoisotopic (exact) mass is 283 g/mol. The lowest BCUT2D eigenvalue weighted by Crippen LogP contribution is -2.37. The normalized spacial score (nSPS) is 11.5. The smallest absolute Gasteiger partial charge is 0.191 e. The molecule has 0 fully saturated rings. The van der Waals surface area contributed by atoms with Crippen LogP contribution in [-0.2, 0) is 6.54 Å². The maximum Gasteiger partial charge on any atom is 0.191 e. The zero-order valence-corrected chi connectivity index (χ0v) is 12.6. The van der Waals surface area contributed by atoms with Crippen molar-refractivity contribution in [1.29, 1.82) is 0 Å². The molecule has 1 aromatic rings. The molecule has 0 aliphatic carbocycles. The van der Waals surface area contributed by atoms with Gasteiger partial charge < -0.3 is 10.6 Å². The molecule has 0 saturated heterocycles. The van der Waals surface area contributed by atoms with Crippen LogP contribution in [0.25, 0.3) is 0 Å². The molecule has 0 aliphatic heterocycles. The lowest BCUT2D eigenvalue weighted by Gasteiger charge is -2.12. The number of halogens is 1. The van der Waals surface area contributed by atoms with E-state index in [0.717, 1.165) is 30.2 Å². The van der Waals surface area contributed by atoms with E-state index < -0.39 is 0 Å². The van der Waals surface area contributed by atoms with Crippen LogP contribution < -0.4 is 10.6 Å². The first kappa shape index (κ1) is 15.8. The number of nitrogens with zero attached hydrogens (tertiary/aromatic N) is 1. The quantitative estimate of drug-likeness (QED) is 0.478. The van der Waals surface area contributed by atoms with Gasteiger partial charge in [0.25, 0.3) is 0 Å². The Morgan fingerprint density at radius 1 is 1.37 bits per heavy atom. The molecule has 19 heavy (non-hydrogen) atoms. The van der Waals surface area contributed by atoms with E-state index in [2.05, 4.69) is 21.9 Å². The summed E-state index contributed by atoms with van der Waals surface area (Å²) in [6.07, 6.45) is 3.21. The van der Waals surface area contributed by atoms with Gasteiger partial charge >= 0.3 is 0 Å². The van der Waals surface area contributed by atoms with Crippen LogP contribution in [0.4, 0.5) is 4.39 Å². The van der Waals surface area contributed by atoms with E-state index in [1.54, 1.807) is 20.0 Å². The Hall–Kier alpha value is -1.23. The minimum atomic E-state index is -0.164. The molecule has 0 unspecified atom stereocenters. The maximum atomic E-state index is 13.1. The van der Waals surface area contributed by atoms with Crippen LogP contribution in [0, 0.1) is 12.7 Å². The first-order chi connectivity index (χ1) is 9.17. The lowest BCUT2D eigenvalue weighted by atomic mass is 10.1. The highest BCUT2D eigenvalue weighted by Gasteiger charge is 2.01. The third-order valence-electron chi connectivity index (χ3n) is 2.72. The summed E-state index contributed by atoms with van der Waals surface area (Å²) >= 11 is 1.84. The largest absolute Gasteiger partial charge is 0.356 e. The van der Waals surface area contributed by atoms with Gasteiger partial charge in [-0.05, 0) is 42.5 Å². The van der Waals surface area contributed by atoms with Crippen molar-refractivity contribution in [3.05, 3.63) is 35.1 Å². The van der Waals surface area contributed by atoms with Gasteiger partial charge in [-0.15, -0.1) is 0 Å². The van der Waals surface area contributed by atoms with Crippen molar-refractivity contribution in [2.24, 2.45) is 4.99 Å². The van der Waals surface area contributed by atoms with Gasteiger partial charge in [0.1, 0.15) is 5.82 Å². The molecular formula is C14H22FN3S. The van der Waals surface area contributed by atoms with Crippen molar-refractivity contribution in [2.45, 2.75) is 19.9 Å². The number of benzene rings is 1. The van der Waals surface area contributed by atoms with Gasteiger partial charge in [-0.1, -0.05) is 12.1 Å². The maximum absolute atomic E-state index is 13.1. The van der Waals surface area contributed by atoms with E-state index in [9.17, 15) is 4.39 Å². The van der Waals surface area contributed by atoms with Crippen LogP contribution in [0.1, 0.15) is 17.5 Å². The van der Waals surface area contributed by atoms with Gasteiger partial charge in [0.2, 0.25) is 0 Å². The van der Waals surface area contributed by atoms with Crippen molar-refractivity contribution in [2.75, 3.05) is 25.6 Å². The predicted molar refractivity (Wildman–Crippen MR) is 82.3 cm³/mol. The summed E-state index contributed by atoms with van der Waals surface area (Å²) in [5.41, 5.74) is 1.72. The number of hydrogen-bond donors (Lipinski definition) is 2. The summed E-state index contributed by atoms with van der Waals surface area (Å²) in [5.74, 6) is 1.76. The molecule has 0 heterocycles. The molecule has 2 N–H and O–H groups in total. The first-order valence-electron chi connectivity index (χ1n) is 6.36. The van der Waals surface area contributed by atoms with Gasteiger partial charge in [0.05, 0.1) is 0 Å². The van der Waals surface area contributed by atoms with Gasteiger partial charge in [0.15, 0.2) is 5.96 Å². The number of aliphatic imine (C=N–C) groups is 1.